The summed E-state index contributed by atoms with van der Waals surface area (Å²) in [5.74, 6) is -0.132. The van der Waals surface area contributed by atoms with E-state index in [4.69, 9.17) is 4.74 Å². The van der Waals surface area contributed by atoms with Crippen molar-refractivity contribution in [2.45, 2.75) is 26.2 Å². The van der Waals surface area contributed by atoms with E-state index in [2.05, 4.69) is 13.8 Å². The van der Waals surface area contributed by atoms with Gasteiger partial charge in [0.1, 0.15) is 12.4 Å². The molecule has 1 aromatic carbocycles. The number of carbonyl (C=O) groups excluding carboxylic acids is 1. The molecular formula is C12H15O3-. The molecule has 1 aromatic rings. The van der Waals surface area contributed by atoms with Gasteiger partial charge in [0.25, 0.3) is 0 Å². The lowest BCUT2D eigenvalue weighted by molar-refractivity contribution is -0.307. The monoisotopic (exact) mass is 207 g/mol. The van der Waals surface area contributed by atoms with E-state index in [9.17, 15) is 9.90 Å². The zero-order valence-corrected chi connectivity index (χ0v) is 9.03. The maximum Gasteiger partial charge on any atom is 0.128 e. The van der Waals surface area contributed by atoms with Crippen LogP contribution in [0.2, 0.25) is 0 Å². The van der Waals surface area contributed by atoms with Crippen LogP contribution in [-0.2, 0) is 4.79 Å². The van der Waals surface area contributed by atoms with Gasteiger partial charge < -0.3 is 14.6 Å². The molecule has 0 aromatic heterocycles. The maximum atomic E-state index is 10.2. The van der Waals surface area contributed by atoms with E-state index in [-0.39, 0.29) is 0 Å². The molecule has 0 N–H and O–H groups in total. The van der Waals surface area contributed by atoms with E-state index < -0.39 is 12.6 Å². The Balaban J connectivity index is 2.60. The Bertz CT molecular complexity index is 316. The van der Waals surface area contributed by atoms with Crippen molar-refractivity contribution in [2.24, 2.45) is 0 Å². The first-order valence-corrected chi connectivity index (χ1v) is 5.06. The van der Waals surface area contributed by atoms with Crippen LogP contribution in [0.4, 0.5) is 0 Å². The molecule has 3 nitrogen and oxygen atoms in total. The summed E-state index contributed by atoms with van der Waals surface area (Å²) in [5.41, 5.74) is 1.23. The molecule has 0 aliphatic rings. The van der Waals surface area contributed by atoms with E-state index >= 15 is 0 Å². The van der Waals surface area contributed by atoms with Crippen molar-refractivity contribution in [3.63, 3.8) is 0 Å². The predicted molar refractivity (Wildman–Crippen MR) is 55.7 cm³/mol. The Kier molecular flexibility index (Phi) is 4.16. The number of aliphatic carboxylic acids is 1. The summed E-state index contributed by atoms with van der Waals surface area (Å²) in [4.78, 5) is 10.2. The summed E-state index contributed by atoms with van der Waals surface area (Å²) in [6.07, 6.45) is 1.08. The van der Waals surface area contributed by atoms with Gasteiger partial charge in [-0.25, -0.2) is 0 Å². The molecule has 82 valence electrons. The Morgan fingerprint density at radius 3 is 2.47 bits per heavy atom. The number of rotatable bonds is 5. The highest BCUT2D eigenvalue weighted by molar-refractivity contribution is 5.66. The number of hydrogen-bond donors (Lipinski definition) is 0. The zero-order chi connectivity index (χ0) is 11.3. The van der Waals surface area contributed by atoms with Crippen molar-refractivity contribution >= 4 is 5.97 Å². The van der Waals surface area contributed by atoms with Gasteiger partial charge in [-0.1, -0.05) is 26.0 Å². The Labute approximate surface area is 89.7 Å². The van der Waals surface area contributed by atoms with Crippen LogP contribution >= 0.6 is 0 Å². The summed E-state index contributed by atoms with van der Waals surface area (Å²) in [6, 6.07) is 7.48. The lowest BCUT2D eigenvalue weighted by atomic mass is 9.99. The number of benzene rings is 1. The summed E-state index contributed by atoms with van der Waals surface area (Å²) >= 11 is 0. The molecular weight excluding hydrogens is 192 g/mol. The number of carboxylic acids is 1. The van der Waals surface area contributed by atoms with Gasteiger partial charge in [0, 0.05) is 0 Å². The quantitative estimate of drug-likeness (QED) is 0.731. The third kappa shape index (κ3) is 3.62. The van der Waals surface area contributed by atoms with Gasteiger partial charge in [-0.15, -0.1) is 0 Å². The molecule has 15 heavy (non-hydrogen) atoms. The average molecular weight is 207 g/mol. The van der Waals surface area contributed by atoms with E-state index in [1.807, 2.05) is 12.1 Å². The smallest absolute Gasteiger partial charge is 0.128 e. The van der Waals surface area contributed by atoms with Crippen LogP contribution in [0.3, 0.4) is 0 Å². The zero-order valence-electron chi connectivity index (χ0n) is 9.03. The van der Waals surface area contributed by atoms with E-state index in [0.717, 1.165) is 6.42 Å². The van der Waals surface area contributed by atoms with Crippen molar-refractivity contribution < 1.29 is 14.6 Å². The predicted octanol–water partition coefficient (Wildman–Crippen LogP) is 1.33. The summed E-state index contributed by atoms with van der Waals surface area (Å²) in [6.45, 7) is 3.88. The van der Waals surface area contributed by atoms with Crippen LogP contribution in [0.15, 0.2) is 24.3 Å². The van der Waals surface area contributed by atoms with Crippen molar-refractivity contribution in [2.75, 3.05) is 6.61 Å². The van der Waals surface area contributed by atoms with Crippen molar-refractivity contribution in [3.05, 3.63) is 29.8 Å². The molecule has 0 heterocycles. The number of carboxylic acid groups (broad SMARTS) is 1. The fourth-order valence-corrected chi connectivity index (χ4v) is 1.27. The van der Waals surface area contributed by atoms with Gasteiger partial charge in [-0.05, 0) is 30.0 Å². The van der Waals surface area contributed by atoms with Crippen LogP contribution in [-0.4, -0.2) is 12.6 Å². The third-order valence-corrected chi connectivity index (χ3v) is 2.42. The largest absolute Gasteiger partial charge is 0.546 e. The molecule has 0 aliphatic carbocycles. The highest BCUT2D eigenvalue weighted by Gasteiger charge is 2.02. The molecule has 1 atom stereocenters. The summed E-state index contributed by atoms with van der Waals surface area (Å²) in [7, 11) is 0. The van der Waals surface area contributed by atoms with Gasteiger partial charge in [0.2, 0.25) is 0 Å². The molecule has 0 radical (unpaired) electrons. The standard InChI is InChI=1S/C12H16O3/c1-3-9(2)10-4-6-11(7-5-10)15-8-12(13)14/h4-7,9H,3,8H2,1-2H3,(H,13,14)/p-1. The van der Waals surface area contributed by atoms with Crippen molar-refractivity contribution in [1.82, 2.24) is 0 Å². The number of ether oxygens (including phenoxy) is 1. The number of hydrogen-bond acceptors (Lipinski definition) is 3. The van der Waals surface area contributed by atoms with Crippen LogP contribution in [0.1, 0.15) is 31.7 Å². The molecule has 1 unspecified atom stereocenters. The molecule has 0 amide bonds. The molecule has 0 spiro atoms. The van der Waals surface area contributed by atoms with Gasteiger partial charge in [0.05, 0.1) is 5.97 Å². The van der Waals surface area contributed by atoms with Gasteiger partial charge in [-0.2, -0.15) is 0 Å². The fraction of sp³-hybridized carbons (Fsp3) is 0.417. The van der Waals surface area contributed by atoms with Crippen molar-refractivity contribution in [3.8, 4) is 5.75 Å². The minimum atomic E-state index is -1.21. The minimum absolute atomic E-state index is 0.400. The Morgan fingerprint density at radius 2 is 2.00 bits per heavy atom. The summed E-state index contributed by atoms with van der Waals surface area (Å²) < 4.78 is 4.97. The van der Waals surface area contributed by atoms with Gasteiger partial charge >= 0.3 is 0 Å². The van der Waals surface area contributed by atoms with E-state index in [0.29, 0.717) is 11.7 Å². The highest BCUT2D eigenvalue weighted by atomic mass is 16.5. The van der Waals surface area contributed by atoms with E-state index in [1.54, 1.807) is 12.1 Å². The SMILES string of the molecule is CCC(C)c1ccc(OCC(=O)[O-])cc1. The first kappa shape index (κ1) is 11.6. The maximum absolute atomic E-state index is 10.2. The van der Waals surface area contributed by atoms with Crippen LogP contribution in [0.5, 0.6) is 5.75 Å². The molecule has 0 fully saturated rings. The van der Waals surface area contributed by atoms with Crippen LogP contribution in [0, 0.1) is 0 Å². The average Bonchev–Trinajstić information content (AvgIpc) is 2.26. The topological polar surface area (TPSA) is 49.4 Å². The molecule has 0 saturated carbocycles. The van der Waals surface area contributed by atoms with E-state index in [1.165, 1.54) is 5.56 Å². The van der Waals surface area contributed by atoms with Gasteiger partial charge in [-0.3, -0.25) is 0 Å². The molecule has 3 heteroatoms. The lowest BCUT2D eigenvalue weighted by Crippen LogP contribution is -2.28. The first-order chi connectivity index (χ1) is 7.13. The second-order valence-corrected chi connectivity index (χ2v) is 3.54. The fourth-order valence-electron chi connectivity index (χ4n) is 1.27. The van der Waals surface area contributed by atoms with Crippen LogP contribution < -0.4 is 9.84 Å². The summed E-state index contributed by atoms with van der Waals surface area (Å²) in [5, 5.41) is 10.2. The van der Waals surface area contributed by atoms with Crippen molar-refractivity contribution in [1.29, 1.82) is 0 Å². The third-order valence-electron chi connectivity index (χ3n) is 2.42. The first-order valence-electron chi connectivity index (χ1n) is 5.06. The molecule has 0 bridgehead atoms. The van der Waals surface area contributed by atoms with Crippen LogP contribution in [0.25, 0.3) is 0 Å². The molecule has 0 aliphatic heterocycles. The molecule has 1 rings (SSSR count). The minimum Gasteiger partial charge on any atom is -0.546 e. The normalized spacial score (nSPS) is 12.1. The molecule has 0 saturated heterocycles. The Hall–Kier alpha value is -1.51. The Morgan fingerprint density at radius 1 is 1.40 bits per heavy atom. The second kappa shape index (κ2) is 5.39. The lowest BCUT2D eigenvalue weighted by Gasteiger charge is -2.10. The second-order valence-electron chi connectivity index (χ2n) is 3.54. The number of carbonyl (C=O) groups is 1. The highest BCUT2D eigenvalue weighted by Crippen LogP contribution is 2.21. The van der Waals surface area contributed by atoms with Gasteiger partial charge in [0.15, 0.2) is 0 Å².